The van der Waals surface area contributed by atoms with Gasteiger partial charge in [-0.05, 0) is 37.9 Å². The molecule has 1 fully saturated rings. The van der Waals surface area contributed by atoms with Crippen molar-refractivity contribution >= 4 is 21.6 Å². The number of sulfonamides is 1. The maximum atomic E-state index is 14.3. The molecule has 0 bridgehead atoms. The standard InChI is InChI=1S/C14H20ClFN2O2S/c1-3-4-9-6-12(9)18-21(19,20)13-7-11(15)5-10(8-17-2)14(13)16/h5,7,9,12,17-18H,3-4,6,8H2,1-2H3. The van der Waals surface area contributed by atoms with Gasteiger partial charge in [-0.2, -0.15) is 0 Å². The minimum absolute atomic E-state index is 0.0823. The molecule has 0 spiro atoms. The van der Waals surface area contributed by atoms with Crippen LogP contribution in [0, 0.1) is 11.7 Å². The molecule has 1 aromatic rings. The van der Waals surface area contributed by atoms with E-state index >= 15 is 0 Å². The maximum absolute atomic E-state index is 14.3. The molecular weight excluding hydrogens is 315 g/mol. The van der Waals surface area contributed by atoms with Crippen LogP contribution < -0.4 is 10.0 Å². The van der Waals surface area contributed by atoms with E-state index in [1.54, 1.807) is 7.05 Å². The summed E-state index contributed by atoms with van der Waals surface area (Å²) in [5.74, 6) is -0.377. The highest BCUT2D eigenvalue weighted by atomic mass is 35.5. The van der Waals surface area contributed by atoms with Crippen LogP contribution in [0.5, 0.6) is 0 Å². The predicted molar refractivity (Wildman–Crippen MR) is 81.3 cm³/mol. The molecule has 0 aliphatic heterocycles. The highest BCUT2D eigenvalue weighted by Gasteiger charge is 2.40. The molecular formula is C14H20ClFN2O2S. The van der Waals surface area contributed by atoms with E-state index in [4.69, 9.17) is 11.6 Å². The quantitative estimate of drug-likeness (QED) is 0.806. The van der Waals surface area contributed by atoms with E-state index in [1.807, 2.05) is 0 Å². The van der Waals surface area contributed by atoms with Crippen LogP contribution in [0.1, 0.15) is 31.7 Å². The molecule has 0 saturated heterocycles. The first-order valence-corrected chi connectivity index (χ1v) is 8.90. The smallest absolute Gasteiger partial charge is 0.243 e. The average molecular weight is 335 g/mol. The Morgan fingerprint density at radius 2 is 2.14 bits per heavy atom. The van der Waals surface area contributed by atoms with Crippen LogP contribution in [0.15, 0.2) is 17.0 Å². The Morgan fingerprint density at radius 1 is 1.43 bits per heavy atom. The summed E-state index contributed by atoms with van der Waals surface area (Å²) in [5, 5.41) is 3.00. The number of halogens is 2. The average Bonchev–Trinajstić information content (AvgIpc) is 3.11. The minimum Gasteiger partial charge on any atom is -0.316 e. The number of hydrogen-bond acceptors (Lipinski definition) is 3. The lowest BCUT2D eigenvalue weighted by Crippen LogP contribution is -2.28. The number of hydrogen-bond donors (Lipinski definition) is 2. The van der Waals surface area contributed by atoms with E-state index < -0.39 is 15.8 Å². The molecule has 2 atom stereocenters. The van der Waals surface area contributed by atoms with E-state index in [2.05, 4.69) is 17.0 Å². The number of benzene rings is 1. The summed E-state index contributed by atoms with van der Waals surface area (Å²) in [6.07, 6.45) is 2.82. The summed E-state index contributed by atoms with van der Waals surface area (Å²) in [6, 6.07) is 2.51. The Kier molecular flexibility index (Phi) is 5.24. The summed E-state index contributed by atoms with van der Waals surface area (Å²) >= 11 is 5.91. The lowest BCUT2D eigenvalue weighted by Gasteiger charge is -2.11. The summed E-state index contributed by atoms with van der Waals surface area (Å²) in [5.41, 5.74) is 0.242. The number of nitrogens with one attached hydrogen (secondary N) is 2. The van der Waals surface area contributed by atoms with Gasteiger partial charge in [0.2, 0.25) is 10.0 Å². The van der Waals surface area contributed by atoms with Gasteiger partial charge in [0.05, 0.1) is 0 Å². The van der Waals surface area contributed by atoms with E-state index in [-0.39, 0.29) is 28.1 Å². The zero-order valence-corrected chi connectivity index (χ0v) is 13.7. The normalized spacial score (nSPS) is 21.5. The van der Waals surface area contributed by atoms with Crippen LogP contribution in [-0.2, 0) is 16.6 Å². The second-order valence-electron chi connectivity index (χ2n) is 5.42. The molecule has 1 aliphatic rings. The fourth-order valence-electron chi connectivity index (χ4n) is 2.48. The third kappa shape index (κ3) is 3.94. The van der Waals surface area contributed by atoms with Gasteiger partial charge >= 0.3 is 0 Å². The summed E-state index contributed by atoms with van der Waals surface area (Å²) < 4.78 is 41.6. The molecule has 0 amide bonds. The second-order valence-corrected chi connectivity index (χ2v) is 7.54. The Bertz CT molecular complexity index is 622. The molecule has 118 valence electrons. The van der Waals surface area contributed by atoms with Gasteiger partial charge in [-0.1, -0.05) is 24.9 Å². The zero-order valence-electron chi connectivity index (χ0n) is 12.1. The van der Waals surface area contributed by atoms with Crippen LogP contribution >= 0.6 is 11.6 Å². The van der Waals surface area contributed by atoms with Crippen molar-refractivity contribution < 1.29 is 12.8 Å². The van der Waals surface area contributed by atoms with Crippen LogP contribution in [-0.4, -0.2) is 21.5 Å². The Labute approximate surface area is 130 Å². The Hall–Kier alpha value is -0.690. The summed E-state index contributed by atoms with van der Waals surface area (Å²) in [6.45, 7) is 2.28. The van der Waals surface area contributed by atoms with Gasteiger partial charge in [0, 0.05) is 23.2 Å². The molecule has 2 rings (SSSR count). The largest absolute Gasteiger partial charge is 0.316 e. The fourth-order valence-corrected chi connectivity index (χ4v) is 4.25. The van der Waals surface area contributed by atoms with Gasteiger partial charge in [-0.3, -0.25) is 0 Å². The molecule has 1 saturated carbocycles. The van der Waals surface area contributed by atoms with E-state index in [0.717, 1.165) is 25.3 Å². The maximum Gasteiger partial charge on any atom is 0.243 e. The van der Waals surface area contributed by atoms with Crippen molar-refractivity contribution in [1.29, 1.82) is 0 Å². The molecule has 2 N–H and O–H groups in total. The van der Waals surface area contributed by atoms with E-state index in [1.165, 1.54) is 6.07 Å². The van der Waals surface area contributed by atoms with Crippen LogP contribution in [0.3, 0.4) is 0 Å². The van der Waals surface area contributed by atoms with Crippen LogP contribution in [0.2, 0.25) is 5.02 Å². The fraction of sp³-hybridized carbons (Fsp3) is 0.571. The third-order valence-electron chi connectivity index (χ3n) is 3.62. The van der Waals surface area contributed by atoms with Crippen LogP contribution in [0.4, 0.5) is 4.39 Å². The summed E-state index contributed by atoms with van der Waals surface area (Å²) in [7, 11) is -2.22. The van der Waals surface area contributed by atoms with Gasteiger partial charge < -0.3 is 5.32 Å². The van der Waals surface area contributed by atoms with Crippen molar-refractivity contribution in [3.05, 3.63) is 28.5 Å². The van der Waals surface area contributed by atoms with Gasteiger partial charge in [-0.15, -0.1) is 0 Å². The molecule has 2 unspecified atom stereocenters. The predicted octanol–water partition coefficient (Wildman–Crippen LogP) is 2.67. The first kappa shape index (κ1) is 16.7. The lowest BCUT2D eigenvalue weighted by molar-refractivity contribution is 0.542. The molecule has 1 aliphatic carbocycles. The van der Waals surface area contributed by atoms with Crippen molar-refractivity contribution in [1.82, 2.24) is 10.0 Å². The number of rotatable bonds is 7. The molecule has 1 aromatic carbocycles. The van der Waals surface area contributed by atoms with E-state index in [9.17, 15) is 12.8 Å². The van der Waals surface area contributed by atoms with Crippen molar-refractivity contribution in [2.75, 3.05) is 7.05 Å². The summed E-state index contributed by atoms with van der Waals surface area (Å²) in [4.78, 5) is -0.373. The Balaban J connectivity index is 2.24. The van der Waals surface area contributed by atoms with Crippen molar-refractivity contribution in [2.45, 2.75) is 43.7 Å². The van der Waals surface area contributed by atoms with E-state index in [0.29, 0.717) is 5.92 Å². The first-order chi connectivity index (χ1) is 9.89. The molecule has 21 heavy (non-hydrogen) atoms. The van der Waals surface area contributed by atoms with Gasteiger partial charge in [0.25, 0.3) is 0 Å². The monoisotopic (exact) mass is 334 g/mol. The van der Waals surface area contributed by atoms with Crippen molar-refractivity contribution in [2.24, 2.45) is 5.92 Å². The third-order valence-corrected chi connectivity index (χ3v) is 5.33. The van der Waals surface area contributed by atoms with Gasteiger partial charge in [0.15, 0.2) is 0 Å². The molecule has 0 heterocycles. The molecule has 0 aromatic heterocycles. The van der Waals surface area contributed by atoms with Crippen LogP contribution in [0.25, 0.3) is 0 Å². The van der Waals surface area contributed by atoms with Gasteiger partial charge in [0.1, 0.15) is 10.7 Å². The Morgan fingerprint density at radius 3 is 2.76 bits per heavy atom. The van der Waals surface area contributed by atoms with Crippen molar-refractivity contribution in [3.8, 4) is 0 Å². The minimum atomic E-state index is -3.88. The highest BCUT2D eigenvalue weighted by molar-refractivity contribution is 7.89. The van der Waals surface area contributed by atoms with Crippen molar-refractivity contribution in [3.63, 3.8) is 0 Å². The van der Waals surface area contributed by atoms with Gasteiger partial charge in [-0.25, -0.2) is 17.5 Å². The SMILES string of the molecule is CCCC1CC1NS(=O)(=O)c1cc(Cl)cc(CNC)c1F. The molecule has 4 nitrogen and oxygen atoms in total. The second kappa shape index (κ2) is 6.60. The highest BCUT2D eigenvalue weighted by Crippen LogP contribution is 2.36. The lowest BCUT2D eigenvalue weighted by atomic mass is 10.2. The zero-order chi connectivity index (χ0) is 15.6. The molecule has 7 heteroatoms. The molecule has 0 radical (unpaired) electrons. The topological polar surface area (TPSA) is 58.2 Å². The first-order valence-electron chi connectivity index (χ1n) is 7.04.